The highest BCUT2D eigenvalue weighted by atomic mass is 32.2. The lowest BCUT2D eigenvalue weighted by atomic mass is 9.91. The number of rotatable bonds is 1. The zero-order valence-corrected chi connectivity index (χ0v) is 15.9. The third kappa shape index (κ3) is 4.23. The minimum absolute atomic E-state index is 0.231. The van der Waals surface area contributed by atoms with Gasteiger partial charge in [-0.25, -0.2) is 4.79 Å². The lowest BCUT2D eigenvalue weighted by Crippen LogP contribution is -2.43. The number of thioether (sulfide) groups is 1. The summed E-state index contributed by atoms with van der Waals surface area (Å²) in [4.78, 5) is 20.3. The molecule has 2 fully saturated rings. The molecule has 132 valence electrons. The molecule has 0 spiro atoms. The lowest BCUT2D eigenvalue weighted by Gasteiger charge is -2.35. The quantitative estimate of drug-likeness (QED) is 0.680. The van der Waals surface area contributed by atoms with Crippen LogP contribution >= 0.6 is 11.8 Å². The van der Waals surface area contributed by atoms with Crippen LogP contribution in [-0.4, -0.2) is 59.1 Å². The molecule has 0 aromatic rings. The average molecular weight is 350 g/mol. The number of ether oxygens (including phenoxy) is 1. The highest BCUT2D eigenvalue weighted by Crippen LogP contribution is 2.41. The molecule has 24 heavy (non-hydrogen) atoms. The number of hydrogen-bond donors (Lipinski definition) is 0. The number of hydrogen-bond acceptors (Lipinski definition) is 5. The molecule has 2 rings (SSSR count). The van der Waals surface area contributed by atoms with Crippen LogP contribution in [0.1, 0.15) is 33.6 Å². The number of nitriles is 1. The standard InChI is InChI=1S/C17H26N4O2S/c1-17(2,3)23-16(22)21-10-7-12(8-11-21)14-13(6-9-18)20(5)15(19-4)24-14/h6,12,14H,7-8,10-11H2,1-5H3. The van der Waals surface area contributed by atoms with E-state index < -0.39 is 5.60 Å². The van der Waals surface area contributed by atoms with Crippen molar-refractivity contribution < 1.29 is 9.53 Å². The smallest absolute Gasteiger partial charge is 0.410 e. The first kappa shape index (κ1) is 18.7. The van der Waals surface area contributed by atoms with Crippen LogP contribution in [0.15, 0.2) is 16.8 Å². The third-order valence-corrected chi connectivity index (χ3v) is 5.77. The SMILES string of the molecule is CN=C1SC(C2CCN(C(=O)OC(C)(C)C)CC2)C(=CC#N)N1C. The molecule has 1 unspecified atom stereocenters. The minimum atomic E-state index is -0.465. The summed E-state index contributed by atoms with van der Waals surface area (Å²) in [6, 6.07) is 2.15. The van der Waals surface area contributed by atoms with Crippen LogP contribution in [0, 0.1) is 17.2 Å². The van der Waals surface area contributed by atoms with E-state index in [0.29, 0.717) is 19.0 Å². The molecule has 0 radical (unpaired) electrons. The number of carbonyl (C=O) groups is 1. The van der Waals surface area contributed by atoms with E-state index in [1.165, 1.54) is 0 Å². The maximum Gasteiger partial charge on any atom is 0.410 e. The highest BCUT2D eigenvalue weighted by Gasteiger charge is 2.39. The zero-order valence-electron chi connectivity index (χ0n) is 15.1. The van der Waals surface area contributed by atoms with Crippen LogP contribution in [0.3, 0.4) is 0 Å². The molecule has 0 aromatic heterocycles. The normalized spacial score (nSPS) is 26.1. The number of aliphatic imine (C=N–C) groups is 1. The molecule has 0 N–H and O–H groups in total. The van der Waals surface area contributed by atoms with Crippen LogP contribution in [0.2, 0.25) is 0 Å². The van der Waals surface area contributed by atoms with E-state index in [9.17, 15) is 4.79 Å². The molecule has 1 atom stereocenters. The van der Waals surface area contributed by atoms with Gasteiger partial charge in [-0.1, -0.05) is 11.8 Å². The fraction of sp³-hybridized carbons (Fsp3) is 0.706. The van der Waals surface area contributed by atoms with Crippen molar-refractivity contribution in [2.24, 2.45) is 10.9 Å². The van der Waals surface area contributed by atoms with Crippen molar-refractivity contribution in [1.29, 1.82) is 5.26 Å². The summed E-state index contributed by atoms with van der Waals surface area (Å²) < 4.78 is 5.45. The van der Waals surface area contributed by atoms with E-state index >= 15 is 0 Å². The number of carbonyl (C=O) groups excluding carboxylic acids is 1. The second-order valence-electron chi connectivity index (χ2n) is 7.11. The van der Waals surface area contributed by atoms with Gasteiger partial charge in [0.2, 0.25) is 0 Å². The summed E-state index contributed by atoms with van der Waals surface area (Å²) in [5, 5.41) is 10.2. The lowest BCUT2D eigenvalue weighted by molar-refractivity contribution is 0.0185. The Kier molecular flexibility index (Phi) is 5.81. The second kappa shape index (κ2) is 7.47. The number of allylic oxidation sites excluding steroid dienone is 1. The Bertz CT molecular complexity index is 580. The molecule has 0 saturated carbocycles. The first-order valence-electron chi connectivity index (χ1n) is 8.21. The van der Waals surface area contributed by atoms with Crippen molar-refractivity contribution in [3.63, 3.8) is 0 Å². The van der Waals surface area contributed by atoms with Gasteiger partial charge in [0, 0.05) is 39.0 Å². The third-order valence-electron chi connectivity index (χ3n) is 4.22. The van der Waals surface area contributed by atoms with Gasteiger partial charge in [-0.2, -0.15) is 5.26 Å². The number of nitrogens with zero attached hydrogens (tertiary/aromatic N) is 4. The van der Waals surface area contributed by atoms with Crippen molar-refractivity contribution >= 4 is 23.0 Å². The molecule has 2 heterocycles. The predicted octanol–water partition coefficient (Wildman–Crippen LogP) is 3.07. The van der Waals surface area contributed by atoms with Crippen LogP contribution in [0.5, 0.6) is 0 Å². The van der Waals surface area contributed by atoms with Gasteiger partial charge in [0.25, 0.3) is 0 Å². The first-order valence-corrected chi connectivity index (χ1v) is 9.09. The topological polar surface area (TPSA) is 68.9 Å². The number of amidine groups is 1. The maximum absolute atomic E-state index is 12.2. The number of amides is 1. The molecule has 2 aliphatic rings. The Hall–Kier alpha value is -1.68. The van der Waals surface area contributed by atoms with Crippen LogP contribution in [0.4, 0.5) is 4.79 Å². The van der Waals surface area contributed by atoms with Crippen LogP contribution in [0.25, 0.3) is 0 Å². The fourth-order valence-corrected chi connectivity index (χ4v) is 4.46. The largest absolute Gasteiger partial charge is 0.444 e. The molecule has 2 aliphatic heterocycles. The summed E-state index contributed by atoms with van der Waals surface area (Å²) >= 11 is 1.71. The molecule has 6 nitrogen and oxygen atoms in total. The van der Waals surface area contributed by atoms with Gasteiger partial charge in [-0.3, -0.25) is 4.99 Å². The van der Waals surface area contributed by atoms with E-state index in [4.69, 9.17) is 10.00 Å². The first-order chi connectivity index (χ1) is 11.3. The van der Waals surface area contributed by atoms with E-state index in [1.54, 1.807) is 29.8 Å². The Morgan fingerprint density at radius 1 is 1.42 bits per heavy atom. The Morgan fingerprint density at radius 3 is 2.54 bits per heavy atom. The van der Waals surface area contributed by atoms with Crippen LogP contribution in [-0.2, 0) is 4.74 Å². The van der Waals surface area contributed by atoms with Gasteiger partial charge in [0.05, 0.1) is 11.3 Å². The summed E-state index contributed by atoms with van der Waals surface area (Å²) in [7, 11) is 3.73. The van der Waals surface area contributed by atoms with Crippen molar-refractivity contribution in [3.8, 4) is 6.07 Å². The van der Waals surface area contributed by atoms with Crippen molar-refractivity contribution in [1.82, 2.24) is 9.80 Å². The van der Waals surface area contributed by atoms with Gasteiger partial charge in [-0.05, 0) is 39.5 Å². The Labute approximate surface area is 148 Å². The van der Waals surface area contributed by atoms with Gasteiger partial charge in [-0.15, -0.1) is 0 Å². The predicted molar refractivity (Wildman–Crippen MR) is 96.7 cm³/mol. The summed E-state index contributed by atoms with van der Waals surface area (Å²) in [5.41, 5.74) is 0.548. The van der Waals surface area contributed by atoms with Gasteiger partial charge >= 0.3 is 6.09 Å². The summed E-state index contributed by atoms with van der Waals surface area (Å²) in [5.74, 6) is 0.426. The van der Waals surface area contributed by atoms with Crippen molar-refractivity contribution in [3.05, 3.63) is 11.8 Å². The van der Waals surface area contributed by atoms with E-state index in [2.05, 4.69) is 11.1 Å². The number of likely N-dealkylation sites (tertiary alicyclic amines) is 1. The van der Waals surface area contributed by atoms with Gasteiger partial charge in [0.15, 0.2) is 5.17 Å². The van der Waals surface area contributed by atoms with Crippen LogP contribution < -0.4 is 0 Å². The number of piperidine rings is 1. The summed E-state index contributed by atoms with van der Waals surface area (Å²) in [6.45, 7) is 7.03. The minimum Gasteiger partial charge on any atom is -0.444 e. The second-order valence-corrected chi connectivity index (χ2v) is 8.22. The Morgan fingerprint density at radius 2 is 2.04 bits per heavy atom. The molecule has 1 amide bonds. The van der Waals surface area contributed by atoms with E-state index in [-0.39, 0.29) is 11.3 Å². The molecule has 0 bridgehead atoms. The van der Waals surface area contributed by atoms with Crippen molar-refractivity contribution in [2.75, 3.05) is 27.2 Å². The maximum atomic E-state index is 12.2. The fourth-order valence-electron chi connectivity index (χ4n) is 3.05. The zero-order chi connectivity index (χ0) is 17.9. The molecular weight excluding hydrogens is 324 g/mol. The monoisotopic (exact) mass is 350 g/mol. The molecule has 2 saturated heterocycles. The highest BCUT2D eigenvalue weighted by molar-refractivity contribution is 8.14. The van der Waals surface area contributed by atoms with Crippen molar-refractivity contribution in [2.45, 2.75) is 44.5 Å². The molecule has 0 aromatic carbocycles. The molecule has 0 aliphatic carbocycles. The molecular formula is C17H26N4O2S. The average Bonchev–Trinajstić information content (AvgIpc) is 2.83. The summed E-state index contributed by atoms with van der Waals surface area (Å²) in [6.07, 6.45) is 3.20. The Balaban J connectivity index is 2.00. The molecule has 7 heteroatoms. The van der Waals surface area contributed by atoms with E-state index in [1.807, 2.05) is 32.7 Å². The van der Waals surface area contributed by atoms with E-state index in [0.717, 1.165) is 23.7 Å². The van der Waals surface area contributed by atoms with Gasteiger partial charge in [0.1, 0.15) is 5.60 Å². The van der Waals surface area contributed by atoms with Gasteiger partial charge < -0.3 is 14.5 Å².